The number of nitrogens with zero attached hydrogens (tertiary/aromatic N) is 1. The van der Waals surface area contributed by atoms with E-state index >= 15 is 0 Å². The van der Waals surface area contributed by atoms with Gasteiger partial charge in [-0.3, -0.25) is 4.79 Å². The average molecular weight is 265 g/mol. The van der Waals surface area contributed by atoms with Gasteiger partial charge in [-0.05, 0) is 58.0 Å². The van der Waals surface area contributed by atoms with Crippen LogP contribution in [0.2, 0.25) is 0 Å². The number of carbonyl (C=O) groups is 1. The molecule has 0 aromatic carbocycles. The molecule has 0 aromatic heterocycles. The van der Waals surface area contributed by atoms with Crippen LogP contribution in [0.5, 0.6) is 0 Å². The molecule has 0 spiro atoms. The Morgan fingerprint density at radius 1 is 1.21 bits per heavy atom. The molecular weight excluding hydrogens is 238 g/mol. The van der Waals surface area contributed by atoms with Gasteiger partial charge in [0.2, 0.25) is 5.91 Å². The number of piperidine rings is 2. The molecule has 2 bridgehead atoms. The SMILES string of the molecule is CN1C2CCC1CC(CNC(=O)[C@H]1CCCCN1)C2. The Morgan fingerprint density at radius 2 is 1.95 bits per heavy atom. The highest BCUT2D eigenvalue weighted by atomic mass is 16.2. The van der Waals surface area contributed by atoms with Crippen LogP contribution in [0, 0.1) is 5.92 Å². The van der Waals surface area contributed by atoms with Gasteiger partial charge in [-0.15, -0.1) is 0 Å². The number of carbonyl (C=O) groups excluding carboxylic acids is 1. The van der Waals surface area contributed by atoms with Crippen LogP contribution >= 0.6 is 0 Å². The van der Waals surface area contributed by atoms with Crippen LogP contribution in [0.1, 0.15) is 44.9 Å². The van der Waals surface area contributed by atoms with Gasteiger partial charge >= 0.3 is 0 Å². The Morgan fingerprint density at radius 3 is 2.58 bits per heavy atom. The topological polar surface area (TPSA) is 44.4 Å². The highest BCUT2D eigenvalue weighted by molar-refractivity contribution is 5.81. The average Bonchev–Trinajstić information content (AvgIpc) is 2.68. The van der Waals surface area contributed by atoms with E-state index in [0.29, 0.717) is 5.92 Å². The summed E-state index contributed by atoms with van der Waals surface area (Å²) in [7, 11) is 2.27. The third kappa shape index (κ3) is 2.95. The number of hydrogen-bond donors (Lipinski definition) is 2. The zero-order valence-corrected chi connectivity index (χ0v) is 12.0. The van der Waals surface area contributed by atoms with Crippen molar-refractivity contribution in [3.8, 4) is 0 Å². The lowest BCUT2D eigenvalue weighted by molar-refractivity contribution is -0.124. The minimum absolute atomic E-state index is 0.0664. The molecule has 3 atom stereocenters. The molecule has 3 fully saturated rings. The Kier molecular flexibility index (Phi) is 4.08. The van der Waals surface area contributed by atoms with Crippen LogP contribution in [0.4, 0.5) is 0 Å². The summed E-state index contributed by atoms with van der Waals surface area (Å²) in [6.45, 7) is 1.88. The lowest BCUT2D eigenvalue weighted by Crippen LogP contribution is -2.49. The molecule has 108 valence electrons. The van der Waals surface area contributed by atoms with Crippen molar-refractivity contribution in [1.29, 1.82) is 0 Å². The number of rotatable bonds is 3. The molecular formula is C15H27N3O. The summed E-state index contributed by atoms with van der Waals surface area (Å²) in [5, 5.41) is 6.51. The molecule has 0 saturated carbocycles. The number of amides is 1. The summed E-state index contributed by atoms with van der Waals surface area (Å²) in [5.41, 5.74) is 0. The van der Waals surface area contributed by atoms with Crippen LogP contribution in [0.15, 0.2) is 0 Å². The van der Waals surface area contributed by atoms with Gasteiger partial charge in [0.25, 0.3) is 0 Å². The fourth-order valence-corrected chi connectivity index (χ4v) is 4.13. The van der Waals surface area contributed by atoms with Crippen molar-refractivity contribution in [3.63, 3.8) is 0 Å². The predicted molar refractivity (Wildman–Crippen MR) is 75.9 cm³/mol. The fourth-order valence-electron chi connectivity index (χ4n) is 4.13. The molecule has 1 amide bonds. The first-order chi connectivity index (χ1) is 9.24. The summed E-state index contributed by atoms with van der Waals surface area (Å²) in [5.74, 6) is 0.923. The molecule has 4 heteroatoms. The van der Waals surface area contributed by atoms with Gasteiger partial charge in [-0.25, -0.2) is 0 Å². The van der Waals surface area contributed by atoms with E-state index in [9.17, 15) is 4.79 Å². The number of fused-ring (bicyclic) bond motifs is 2. The van der Waals surface area contributed by atoms with Crippen LogP contribution in [-0.4, -0.2) is 49.1 Å². The monoisotopic (exact) mass is 265 g/mol. The molecule has 3 saturated heterocycles. The van der Waals surface area contributed by atoms with Gasteiger partial charge in [0.05, 0.1) is 6.04 Å². The Bertz CT molecular complexity index is 313. The highest BCUT2D eigenvalue weighted by Crippen LogP contribution is 2.36. The molecule has 3 heterocycles. The molecule has 0 aliphatic carbocycles. The molecule has 3 rings (SSSR count). The number of hydrogen-bond acceptors (Lipinski definition) is 3. The zero-order valence-electron chi connectivity index (χ0n) is 12.0. The largest absolute Gasteiger partial charge is 0.354 e. The first-order valence-corrected chi connectivity index (χ1v) is 7.97. The van der Waals surface area contributed by atoms with Crippen LogP contribution in [0.3, 0.4) is 0 Å². The summed E-state index contributed by atoms with van der Waals surface area (Å²) >= 11 is 0. The number of nitrogens with one attached hydrogen (secondary N) is 2. The molecule has 0 aromatic rings. The van der Waals surface area contributed by atoms with E-state index < -0.39 is 0 Å². The third-order valence-corrected chi connectivity index (χ3v) is 5.39. The predicted octanol–water partition coefficient (Wildman–Crippen LogP) is 1.12. The smallest absolute Gasteiger partial charge is 0.237 e. The summed E-state index contributed by atoms with van der Waals surface area (Å²) in [6, 6.07) is 1.61. The van der Waals surface area contributed by atoms with Gasteiger partial charge in [0.15, 0.2) is 0 Å². The van der Waals surface area contributed by atoms with Gasteiger partial charge in [0, 0.05) is 18.6 Å². The van der Waals surface area contributed by atoms with Crippen LogP contribution < -0.4 is 10.6 Å². The van der Waals surface area contributed by atoms with Crippen molar-refractivity contribution in [2.75, 3.05) is 20.1 Å². The second kappa shape index (κ2) is 5.80. The van der Waals surface area contributed by atoms with Crippen molar-refractivity contribution in [3.05, 3.63) is 0 Å². The summed E-state index contributed by atoms with van der Waals surface area (Å²) in [6.07, 6.45) is 8.65. The van der Waals surface area contributed by atoms with Crippen molar-refractivity contribution in [2.24, 2.45) is 5.92 Å². The minimum Gasteiger partial charge on any atom is -0.354 e. The van der Waals surface area contributed by atoms with Crippen LogP contribution in [-0.2, 0) is 4.79 Å². The van der Waals surface area contributed by atoms with E-state index in [4.69, 9.17) is 0 Å². The van der Waals surface area contributed by atoms with Gasteiger partial charge in [-0.2, -0.15) is 0 Å². The summed E-state index contributed by atoms with van der Waals surface area (Å²) in [4.78, 5) is 14.7. The maximum Gasteiger partial charge on any atom is 0.237 e. The standard InChI is InChI=1S/C15H27N3O/c1-18-12-5-6-13(18)9-11(8-12)10-17-15(19)14-4-2-3-7-16-14/h11-14,16H,2-10H2,1H3,(H,17,19)/t11?,12?,13?,14-/m1/s1. The van der Waals surface area contributed by atoms with E-state index in [2.05, 4.69) is 22.6 Å². The van der Waals surface area contributed by atoms with Crippen molar-refractivity contribution in [2.45, 2.75) is 63.1 Å². The minimum atomic E-state index is 0.0664. The van der Waals surface area contributed by atoms with Crippen LogP contribution in [0.25, 0.3) is 0 Å². The molecule has 3 aliphatic heterocycles. The maximum absolute atomic E-state index is 12.1. The molecule has 2 unspecified atom stereocenters. The lowest BCUT2D eigenvalue weighted by atomic mass is 9.91. The van der Waals surface area contributed by atoms with E-state index in [0.717, 1.165) is 31.6 Å². The van der Waals surface area contributed by atoms with E-state index in [-0.39, 0.29) is 11.9 Å². The van der Waals surface area contributed by atoms with Gasteiger partial charge in [0.1, 0.15) is 0 Å². The third-order valence-electron chi connectivity index (χ3n) is 5.39. The molecule has 2 N–H and O–H groups in total. The quantitative estimate of drug-likeness (QED) is 0.804. The Balaban J connectivity index is 1.44. The Labute approximate surface area is 116 Å². The highest BCUT2D eigenvalue weighted by Gasteiger charge is 2.38. The van der Waals surface area contributed by atoms with E-state index in [1.807, 2.05) is 0 Å². The second-order valence-corrected chi connectivity index (χ2v) is 6.64. The molecule has 19 heavy (non-hydrogen) atoms. The zero-order chi connectivity index (χ0) is 13.2. The van der Waals surface area contributed by atoms with Gasteiger partial charge in [-0.1, -0.05) is 6.42 Å². The van der Waals surface area contributed by atoms with Crippen molar-refractivity contribution in [1.82, 2.24) is 15.5 Å². The van der Waals surface area contributed by atoms with Crippen molar-refractivity contribution < 1.29 is 4.79 Å². The summed E-state index contributed by atoms with van der Waals surface area (Å²) < 4.78 is 0. The van der Waals surface area contributed by atoms with E-state index in [1.165, 1.54) is 38.5 Å². The second-order valence-electron chi connectivity index (χ2n) is 6.64. The van der Waals surface area contributed by atoms with Gasteiger partial charge < -0.3 is 15.5 Å². The van der Waals surface area contributed by atoms with Crippen molar-refractivity contribution >= 4 is 5.91 Å². The maximum atomic E-state index is 12.1. The first kappa shape index (κ1) is 13.4. The molecule has 3 aliphatic rings. The molecule has 4 nitrogen and oxygen atoms in total. The normalized spacial score (nSPS) is 39.2. The van der Waals surface area contributed by atoms with E-state index in [1.54, 1.807) is 0 Å². The molecule has 0 radical (unpaired) electrons. The lowest BCUT2D eigenvalue weighted by Gasteiger charge is -2.36. The first-order valence-electron chi connectivity index (χ1n) is 7.97. The fraction of sp³-hybridized carbons (Fsp3) is 0.933. The Hall–Kier alpha value is -0.610.